The third kappa shape index (κ3) is 37.7. The summed E-state index contributed by atoms with van der Waals surface area (Å²) in [6.45, 7) is 0. The van der Waals surface area contributed by atoms with E-state index in [1.165, 1.54) is 0 Å². The van der Waals surface area contributed by atoms with Gasteiger partial charge in [0.15, 0.2) is 0 Å². The summed E-state index contributed by atoms with van der Waals surface area (Å²) in [6, 6.07) is 0. The minimum atomic E-state index is -2.92. The third-order valence-electron chi connectivity index (χ3n) is 0. The van der Waals surface area contributed by atoms with Crippen LogP contribution in [0.4, 0.5) is 0 Å². The normalized spacial score (nSPS) is 3.86. The summed E-state index contributed by atoms with van der Waals surface area (Å²) >= 11 is 0. The maximum atomic E-state index is 8.42. The predicted molar refractivity (Wildman–Crippen MR) is 11.5 cm³/mol. The molecule has 7 heavy (non-hydrogen) atoms. The van der Waals surface area contributed by atoms with Crippen molar-refractivity contribution < 1.29 is 105 Å². The predicted octanol–water partition coefficient (Wildman–Crippen LogP) is -7.32. The Morgan fingerprint density at radius 2 is 1.00 bits per heavy atom. The molecule has 0 bridgehead atoms. The molecule has 0 aliphatic carbocycles. The first-order chi connectivity index (χ1) is 1.73. The fraction of sp³-hybridized carbons (Fsp3) is 0. The van der Waals surface area contributed by atoms with Crippen LogP contribution >= 0.6 is 0 Å². The molecule has 0 amide bonds. The molecule has 0 N–H and O–H groups in total. The Hall–Kier alpha value is 4.44. The fourth-order valence-corrected chi connectivity index (χ4v) is 0. The molecular weight excluding hydrogens is 394 g/mol. The molecule has 0 fully saturated rings. The van der Waals surface area contributed by atoms with Gasteiger partial charge in [0.05, 0.1) is 0 Å². The average molecular weight is 394 g/mol. The van der Waals surface area contributed by atoms with Crippen LogP contribution in [0.2, 0.25) is 0 Å². The second-order valence-corrected chi connectivity index (χ2v) is 0.289. The van der Waals surface area contributed by atoms with E-state index < -0.39 is 7.32 Å². The Morgan fingerprint density at radius 3 is 1.00 bits per heavy atom. The second kappa shape index (κ2) is 16.8. The Labute approximate surface area is 156 Å². The molecule has 0 saturated carbocycles. The van der Waals surface area contributed by atoms with E-state index in [0.29, 0.717) is 0 Å². The van der Waals surface area contributed by atoms with Crippen molar-refractivity contribution in [3.05, 3.63) is 0 Å². The molecular formula is BBaKO3Tb. The molecule has 0 atom stereocenters. The van der Waals surface area contributed by atoms with Gasteiger partial charge in [-0.05, 0) is 0 Å². The van der Waals surface area contributed by atoms with Crippen molar-refractivity contribution >= 4 is 56.2 Å². The van der Waals surface area contributed by atoms with E-state index in [-0.39, 0.29) is 139 Å². The van der Waals surface area contributed by atoms with Gasteiger partial charge in [-0.1, -0.05) is 0 Å². The van der Waals surface area contributed by atoms with Gasteiger partial charge in [0.2, 0.25) is 0 Å². The minimum absolute atomic E-state index is 0. The van der Waals surface area contributed by atoms with E-state index >= 15 is 0 Å². The zero-order valence-corrected chi connectivity index (χ0v) is 13.5. The number of hydrogen-bond donors (Lipinski definition) is 0. The van der Waals surface area contributed by atoms with Crippen molar-refractivity contribution in [3.63, 3.8) is 0 Å². The molecule has 7 heteroatoms. The molecule has 0 aromatic heterocycles. The van der Waals surface area contributed by atoms with Gasteiger partial charge in [-0.2, -0.15) is 0 Å². The Balaban J connectivity index is -0.0000000150. The first kappa shape index (κ1) is 22.5. The summed E-state index contributed by atoms with van der Waals surface area (Å²) in [5.74, 6) is 0. The van der Waals surface area contributed by atoms with Crippen molar-refractivity contribution in [2.75, 3.05) is 0 Å². The fourth-order valence-electron chi connectivity index (χ4n) is 0. The summed E-state index contributed by atoms with van der Waals surface area (Å²) in [6.07, 6.45) is 0. The molecule has 0 aromatic rings. The molecule has 1 radical (unpaired) electrons. The molecule has 0 aromatic carbocycles. The van der Waals surface area contributed by atoms with Crippen LogP contribution < -0.4 is 66.5 Å². The molecule has 0 aliphatic heterocycles. The molecule has 0 unspecified atom stereocenters. The Kier molecular flexibility index (Phi) is 54.1. The van der Waals surface area contributed by atoms with E-state index in [1.54, 1.807) is 0 Å². The molecule has 0 saturated heterocycles. The summed E-state index contributed by atoms with van der Waals surface area (Å²) < 4.78 is 0. The van der Waals surface area contributed by atoms with Gasteiger partial charge in [-0.3, -0.25) is 7.32 Å². The van der Waals surface area contributed by atoms with E-state index in [1.807, 2.05) is 0 Å². The monoisotopic (exact) mass is 395 g/mol. The zero-order chi connectivity index (χ0) is 3.58. The quantitative estimate of drug-likeness (QED) is 0.384. The van der Waals surface area contributed by atoms with Gasteiger partial charge < -0.3 is 15.1 Å². The van der Waals surface area contributed by atoms with Crippen LogP contribution in [0.3, 0.4) is 0 Å². The van der Waals surface area contributed by atoms with Crippen LogP contribution in [0.15, 0.2) is 0 Å². The van der Waals surface area contributed by atoms with Crippen molar-refractivity contribution in [2.45, 2.75) is 0 Å². The molecule has 0 rings (SSSR count). The van der Waals surface area contributed by atoms with Gasteiger partial charge in [0.25, 0.3) is 0 Å². The van der Waals surface area contributed by atoms with E-state index in [4.69, 9.17) is 15.1 Å². The van der Waals surface area contributed by atoms with Crippen LogP contribution in [0.1, 0.15) is 0 Å². The molecule has 0 aliphatic rings. The average Bonchev–Trinajstić information content (AvgIpc) is 0.811. The van der Waals surface area contributed by atoms with Crippen molar-refractivity contribution in [1.29, 1.82) is 0 Å². The van der Waals surface area contributed by atoms with Crippen LogP contribution in [0.5, 0.6) is 0 Å². The van der Waals surface area contributed by atoms with Gasteiger partial charge in [-0.15, -0.1) is 0 Å². The topological polar surface area (TPSA) is 69.2 Å². The maximum absolute atomic E-state index is 8.42. The summed E-state index contributed by atoms with van der Waals surface area (Å²) in [4.78, 5) is 0. The van der Waals surface area contributed by atoms with Gasteiger partial charge in [0.1, 0.15) is 0 Å². The van der Waals surface area contributed by atoms with Crippen molar-refractivity contribution in [2.24, 2.45) is 0 Å². The third-order valence-corrected chi connectivity index (χ3v) is 0. The smallest absolute Gasteiger partial charge is 0.907 e. The largest absolute Gasteiger partial charge is 2.00 e. The first-order valence-electron chi connectivity index (χ1n) is 0.707. The van der Waals surface area contributed by atoms with Crippen LogP contribution in [0, 0.1) is 38.6 Å². The Morgan fingerprint density at radius 1 is 1.00 bits per heavy atom. The molecule has 3 nitrogen and oxygen atoms in total. The summed E-state index contributed by atoms with van der Waals surface area (Å²) in [5, 5.41) is 25.2. The van der Waals surface area contributed by atoms with E-state index in [2.05, 4.69) is 0 Å². The maximum Gasteiger partial charge on any atom is 2.00 e. The second-order valence-electron chi connectivity index (χ2n) is 0.289. The number of rotatable bonds is 0. The summed E-state index contributed by atoms with van der Waals surface area (Å²) in [7, 11) is -2.92. The first-order valence-corrected chi connectivity index (χ1v) is 0.707. The summed E-state index contributed by atoms with van der Waals surface area (Å²) in [5.41, 5.74) is 0. The van der Waals surface area contributed by atoms with Gasteiger partial charge in [0, 0.05) is 38.6 Å². The zero-order valence-electron chi connectivity index (χ0n) is 3.84. The molecule has 0 spiro atoms. The SMILES string of the molecule is [Ba+2].[K+].[O-]B([O-])[O-].[Tb]. The van der Waals surface area contributed by atoms with Crippen molar-refractivity contribution in [1.82, 2.24) is 0 Å². The van der Waals surface area contributed by atoms with Crippen LogP contribution in [-0.4, -0.2) is 56.2 Å². The van der Waals surface area contributed by atoms with E-state index in [0.717, 1.165) is 0 Å². The standard InChI is InChI=1S/BO3.Ba.K.Tb/c2-1(3)4;;;/q-3;+2;+1;. The number of hydrogen-bond acceptors (Lipinski definition) is 3. The van der Waals surface area contributed by atoms with Gasteiger partial charge in [-0.25, -0.2) is 0 Å². The van der Waals surface area contributed by atoms with Crippen molar-refractivity contribution in [3.8, 4) is 0 Å². The molecule has 0 heterocycles. The van der Waals surface area contributed by atoms with Crippen LogP contribution in [0.25, 0.3) is 0 Å². The minimum Gasteiger partial charge on any atom is -0.907 e. The Bertz CT molecular complexity index is 19.7. The van der Waals surface area contributed by atoms with Gasteiger partial charge >= 0.3 is 100 Å². The van der Waals surface area contributed by atoms with Crippen LogP contribution in [-0.2, 0) is 0 Å². The van der Waals surface area contributed by atoms with E-state index in [9.17, 15) is 0 Å². The molecule has 33 valence electrons.